The second-order valence-corrected chi connectivity index (χ2v) is 5.03. The monoisotopic (exact) mass is 259 g/mol. The molecule has 1 rings (SSSR count). The van der Waals surface area contributed by atoms with Gasteiger partial charge < -0.3 is 5.32 Å². The molecule has 0 aromatic heterocycles. The number of alkyl halides is 1. The van der Waals surface area contributed by atoms with E-state index in [0.29, 0.717) is 17.4 Å². The van der Waals surface area contributed by atoms with Crippen LogP contribution in [0.5, 0.6) is 0 Å². The molecule has 2 nitrogen and oxygen atoms in total. The Hall–Kier alpha value is -0.730. The van der Waals surface area contributed by atoms with Crippen LogP contribution in [-0.2, 0) is 11.3 Å². The summed E-state index contributed by atoms with van der Waals surface area (Å²) in [5, 5.41) is 3.53. The summed E-state index contributed by atoms with van der Waals surface area (Å²) in [5.74, 6) is 0.261. The van der Waals surface area contributed by atoms with Gasteiger partial charge in [-0.05, 0) is 31.5 Å². The van der Waals surface area contributed by atoms with Gasteiger partial charge in [0.1, 0.15) is 0 Å². The third kappa shape index (κ3) is 3.69. The lowest BCUT2D eigenvalue weighted by molar-refractivity contribution is -0.128. The number of benzene rings is 1. The van der Waals surface area contributed by atoms with E-state index in [1.165, 1.54) is 0 Å². The zero-order chi connectivity index (χ0) is 12.2. The number of rotatable bonds is 4. The van der Waals surface area contributed by atoms with Gasteiger partial charge in [-0.1, -0.05) is 23.7 Å². The molecule has 1 aromatic rings. The molecule has 0 spiro atoms. The van der Waals surface area contributed by atoms with E-state index in [0.717, 1.165) is 5.56 Å². The van der Waals surface area contributed by atoms with E-state index in [-0.39, 0.29) is 5.91 Å². The molecule has 0 saturated carbocycles. The van der Waals surface area contributed by atoms with Crippen molar-refractivity contribution >= 4 is 29.1 Å². The number of carbonyl (C=O) groups is 1. The molecule has 4 heteroatoms. The Morgan fingerprint density at radius 1 is 1.31 bits per heavy atom. The predicted molar refractivity (Wildman–Crippen MR) is 67.8 cm³/mol. The van der Waals surface area contributed by atoms with E-state index in [9.17, 15) is 4.79 Å². The first kappa shape index (κ1) is 13.3. The molecule has 0 aliphatic carbocycles. The number of hydrogen-bond donors (Lipinski definition) is 1. The zero-order valence-corrected chi connectivity index (χ0v) is 10.9. The summed E-state index contributed by atoms with van der Waals surface area (Å²) in [4.78, 5) is 11.7. The highest BCUT2D eigenvalue weighted by molar-refractivity contribution is 6.30. The molecule has 88 valence electrons. The van der Waals surface area contributed by atoms with Crippen LogP contribution in [0.4, 0.5) is 0 Å². The molecular weight excluding hydrogens is 245 g/mol. The molecule has 0 saturated heterocycles. The third-order valence-electron chi connectivity index (χ3n) is 2.32. The molecule has 1 N–H and O–H groups in total. The summed E-state index contributed by atoms with van der Waals surface area (Å²) >= 11 is 11.5. The summed E-state index contributed by atoms with van der Waals surface area (Å²) in [6.07, 6.45) is 0. The first-order valence-corrected chi connectivity index (χ1v) is 5.95. The summed E-state index contributed by atoms with van der Waals surface area (Å²) < 4.78 is 0. The SMILES string of the molecule is CC(C)(CCl)C(=O)NCc1ccc(Cl)cc1. The highest BCUT2D eigenvalue weighted by atomic mass is 35.5. The Balaban J connectivity index is 2.52. The van der Waals surface area contributed by atoms with Gasteiger partial charge in [-0.15, -0.1) is 11.6 Å². The highest BCUT2D eigenvalue weighted by Crippen LogP contribution is 2.17. The number of amides is 1. The first-order chi connectivity index (χ1) is 7.45. The second kappa shape index (κ2) is 5.55. The Kier molecular flexibility index (Phi) is 4.63. The highest BCUT2D eigenvalue weighted by Gasteiger charge is 2.25. The van der Waals surface area contributed by atoms with E-state index >= 15 is 0 Å². The largest absolute Gasteiger partial charge is 0.352 e. The Bertz CT molecular complexity index is 360. The van der Waals surface area contributed by atoms with Crippen molar-refractivity contribution in [1.82, 2.24) is 5.32 Å². The van der Waals surface area contributed by atoms with E-state index in [2.05, 4.69) is 5.32 Å². The minimum absolute atomic E-state index is 0.0440. The average Bonchev–Trinajstić information content (AvgIpc) is 2.28. The number of nitrogens with one attached hydrogen (secondary N) is 1. The fraction of sp³-hybridized carbons (Fsp3) is 0.417. The maximum atomic E-state index is 11.7. The van der Waals surface area contributed by atoms with Gasteiger partial charge in [-0.2, -0.15) is 0 Å². The number of carbonyl (C=O) groups excluding carboxylic acids is 1. The maximum absolute atomic E-state index is 11.7. The summed E-state index contributed by atoms with van der Waals surface area (Å²) in [5.41, 5.74) is 0.483. The van der Waals surface area contributed by atoms with Crippen LogP contribution in [0.15, 0.2) is 24.3 Å². The van der Waals surface area contributed by atoms with Crippen molar-refractivity contribution in [2.75, 3.05) is 5.88 Å². The molecular formula is C12H15Cl2NO. The van der Waals surface area contributed by atoms with Crippen molar-refractivity contribution in [3.8, 4) is 0 Å². The van der Waals surface area contributed by atoms with Gasteiger partial charge in [0.05, 0.1) is 5.41 Å². The van der Waals surface area contributed by atoms with Crippen LogP contribution in [0.25, 0.3) is 0 Å². The van der Waals surface area contributed by atoms with E-state index in [1.54, 1.807) is 12.1 Å². The molecule has 16 heavy (non-hydrogen) atoms. The number of halogens is 2. The quantitative estimate of drug-likeness (QED) is 0.827. The van der Waals surface area contributed by atoms with Crippen molar-refractivity contribution in [3.05, 3.63) is 34.9 Å². The average molecular weight is 260 g/mol. The van der Waals surface area contributed by atoms with Crippen molar-refractivity contribution in [2.24, 2.45) is 5.41 Å². The molecule has 0 heterocycles. The van der Waals surface area contributed by atoms with Gasteiger partial charge in [-0.25, -0.2) is 0 Å². The molecule has 0 atom stereocenters. The fourth-order valence-corrected chi connectivity index (χ4v) is 1.33. The smallest absolute Gasteiger partial charge is 0.227 e. The molecule has 0 fully saturated rings. The van der Waals surface area contributed by atoms with Gasteiger partial charge in [0, 0.05) is 17.4 Å². The predicted octanol–water partition coefficient (Wildman–Crippen LogP) is 3.22. The van der Waals surface area contributed by atoms with E-state index in [4.69, 9.17) is 23.2 Å². The summed E-state index contributed by atoms with van der Waals surface area (Å²) in [6.45, 7) is 4.13. The first-order valence-electron chi connectivity index (χ1n) is 5.04. The van der Waals surface area contributed by atoms with Crippen molar-refractivity contribution in [1.29, 1.82) is 0 Å². The van der Waals surface area contributed by atoms with Gasteiger partial charge >= 0.3 is 0 Å². The minimum Gasteiger partial charge on any atom is -0.352 e. The van der Waals surface area contributed by atoms with Crippen LogP contribution < -0.4 is 5.32 Å². The lowest BCUT2D eigenvalue weighted by Crippen LogP contribution is -2.37. The Morgan fingerprint density at radius 2 is 1.88 bits per heavy atom. The second-order valence-electron chi connectivity index (χ2n) is 4.33. The molecule has 0 bridgehead atoms. The maximum Gasteiger partial charge on any atom is 0.227 e. The third-order valence-corrected chi connectivity index (χ3v) is 3.24. The lowest BCUT2D eigenvalue weighted by atomic mass is 9.95. The van der Waals surface area contributed by atoms with Gasteiger partial charge in [0.2, 0.25) is 5.91 Å². The fourth-order valence-electron chi connectivity index (χ4n) is 1.08. The van der Waals surface area contributed by atoms with Crippen molar-refractivity contribution < 1.29 is 4.79 Å². The Morgan fingerprint density at radius 3 is 2.38 bits per heavy atom. The van der Waals surface area contributed by atoms with Gasteiger partial charge in [0.25, 0.3) is 0 Å². The van der Waals surface area contributed by atoms with Crippen LogP contribution >= 0.6 is 23.2 Å². The van der Waals surface area contributed by atoms with Gasteiger partial charge in [-0.3, -0.25) is 4.79 Å². The van der Waals surface area contributed by atoms with Crippen LogP contribution in [0.2, 0.25) is 5.02 Å². The summed E-state index contributed by atoms with van der Waals surface area (Å²) in [6, 6.07) is 7.37. The lowest BCUT2D eigenvalue weighted by Gasteiger charge is -2.20. The van der Waals surface area contributed by atoms with E-state index < -0.39 is 5.41 Å². The van der Waals surface area contributed by atoms with Crippen LogP contribution in [0, 0.1) is 5.41 Å². The van der Waals surface area contributed by atoms with Gasteiger partial charge in [0.15, 0.2) is 0 Å². The minimum atomic E-state index is -0.534. The van der Waals surface area contributed by atoms with Crippen molar-refractivity contribution in [3.63, 3.8) is 0 Å². The zero-order valence-electron chi connectivity index (χ0n) is 9.39. The molecule has 0 radical (unpaired) electrons. The standard InChI is InChI=1S/C12H15Cl2NO/c1-12(2,8-13)11(16)15-7-9-3-5-10(14)6-4-9/h3-6H,7-8H2,1-2H3,(H,15,16). The molecule has 0 unspecified atom stereocenters. The Labute approximate surface area is 106 Å². The molecule has 0 aliphatic heterocycles. The number of hydrogen-bond acceptors (Lipinski definition) is 1. The molecule has 1 amide bonds. The normalized spacial score (nSPS) is 11.2. The van der Waals surface area contributed by atoms with Crippen molar-refractivity contribution in [2.45, 2.75) is 20.4 Å². The van der Waals surface area contributed by atoms with Crippen LogP contribution in [0.3, 0.4) is 0 Å². The van der Waals surface area contributed by atoms with E-state index in [1.807, 2.05) is 26.0 Å². The molecule has 1 aromatic carbocycles. The van der Waals surface area contributed by atoms with Crippen LogP contribution in [-0.4, -0.2) is 11.8 Å². The topological polar surface area (TPSA) is 29.1 Å². The van der Waals surface area contributed by atoms with Crippen LogP contribution in [0.1, 0.15) is 19.4 Å². The summed E-state index contributed by atoms with van der Waals surface area (Å²) in [7, 11) is 0. The molecule has 0 aliphatic rings.